The normalized spacial score (nSPS) is 17.7. The largest absolute Gasteiger partial charge is 0.375 e. The first kappa shape index (κ1) is 21.3. The van der Waals surface area contributed by atoms with Crippen LogP contribution in [0.25, 0.3) is 0 Å². The smallest absolute Gasteiger partial charge is 0.264 e. The highest BCUT2D eigenvalue weighted by atomic mass is 35.5. The van der Waals surface area contributed by atoms with E-state index in [9.17, 15) is 14.7 Å². The molecular formula is C26H24ClNO3. The average molecular weight is 434 g/mol. The van der Waals surface area contributed by atoms with E-state index in [1.54, 1.807) is 35.2 Å². The number of benzene rings is 3. The third kappa shape index (κ3) is 3.89. The minimum absolute atomic E-state index is 0.296. The lowest BCUT2D eigenvalue weighted by Crippen LogP contribution is -2.41. The number of carbonyl (C=O) groups is 2. The number of ketones is 1. The number of nitrogens with zero attached hydrogens (tertiary/aromatic N) is 1. The molecule has 0 fully saturated rings. The van der Waals surface area contributed by atoms with Crippen LogP contribution in [0.2, 0.25) is 5.02 Å². The second-order valence-electron chi connectivity index (χ2n) is 8.31. The third-order valence-corrected chi connectivity index (χ3v) is 6.15. The molecule has 1 aliphatic rings. The summed E-state index contributed by atoms with van der Waals surface area (Å²) in [5, 5.41) is 11.9. The SMILES string of the molecule is Cc1ccc(C(=O)C[C@@]2(O)C(=O)N(Cc3ccc(C)cc3C)c3ccc(Cl)cc32)cc1. The Morgan fingerprint density at radius 3 is 2.32 bits per heavy atom. The molecule has 0 saturated heterocycles. The van der Waals surface area contributed by atoms with E-state index in [2.05, 4.69) is 6.07 Å². The van der Waals surface area contributed by atoms with Crippen molar-refractivity contribution < 1.29 is 14.7 Å². The minimum Gasteiger partial charge on any atom is -0.375 e. The quantitative estimate of drug-likeness (QED) is 0.557. The van der Waals surface area contributed by atoms with Crippen molar-refractivity contribution in [3.05, 3.63) is 99.1 Å². The molecule has 0 saturated carbocycles. The van der Waals surface area contributed by atoms with Crippen molar-refractivity contribution in [1.29, 1.82) is 0 Å². The Morgan fingerprint density at radius 1 is 0.968 bits per heavy atom. The Hall–Kier alpha value is -2.95. The highest BCUT2D eigenvalue weighted by Crippen LogP contribution is 2.45. The van der Waals surface area contributed by atoms with Gasteiger partial charge in [0, 0.05) is 16.1 Å². The number of aliphatic hydroxyl groups is 1. The fourth-order valence-corrected chi connectivity index (χ4v) is 4.29. The minimum atomic E-state index is -1.96. The molecule has 3 aromatic carbocycles. The molecule has 1 heterocycles. The number of anilines is 1. The van der Waals surface area contributed by atoms with Crippen molar-refractivity contribution in [2.45, 2.75) is 39.3 Å². The maximum absolute atomic E-state index is 13.5. The van der Waals surface area contributed by atoms with Crippen molar-refractivity contribution >= 4 is 29.0 Å². The van der Waals surface area contributed by atoms with Gasteiger partial charge in [0.15, 0.2) is 11.4 Å². The number of aryl methyl sites for hydroxylation is 3. The van der Waals surface area contributed by atoms with Crippen molar-refractivity contribution in [2.75, 3.05) is 4.90 Å². The summed E-state index contributed by atoms with van der Waals surface area (Å²) in [5.41, 5.74) is 3.67. The van der Waals surface area contributed by atoms with Crippen LogP contribution in [0.15, 0.2) is 60.7 Å². The monoisotopic (exact) mass is 433 g/mol. The highest BCUT2D eigenvalue weighted by Gasteiger charge is 2.51. The van der Waals surface area contributed by atoms with Gasteiger partial charge in [0.05, 0.1) is 18.7 Å². The molecule has 1 N–H and O–H groups in total. The second kappa shape index (κ2) is 7.95. The van der Waals surface area contributed by atoms with Gasteiger partial charge in [-0.1, -0.05) is 65.2 Å². The second-order valence-corrected chi connectivity index (χ2v) is 8.75. The topological polar surface area (TPSA) is 57.6 Å². The fourth-order valence-electron chi connectivity index (χ4n) is 4.12. The fraction of sp³-hybridized carbons (Fsp3) is 0.231. The molecule has 1 atom stereocenters. The Kier molecular flexibility index (Phi) is 5.46. The number of rotatable bonds is 5. The lowest BCUT2D eigenvalue weighted by atomic mass is 9.88. The van der Waals surface area contributed by atoms with Gasteiger partial charge in [-0.15, -0.1) is 0 Å². The lowest BCUT2D eigenvalue weighted by molar-refractivity contribution is -0.136. The average Bonchev–Trinajstić information content (AvgIpc) is 2.92. The van der Waals surface area contributed by atoms with E-state index >= 15 is 0 Å². The highest BCUT2D eigenvalue weighted by molar-refractivity contribution is 6.31. The van der Waals surface area contributed by atoms with Gasteiger partial charge in [-0.05, 0) is 50.1 Å². The van der Waals surface area contributed by atoms with E-state index in [0.717, 1.165) is 22.3 Å². The Labute approximate surface area is 187 Å². The van der Waals surface area contributed by atoms with Crippen LogP contribution in [0, 0.1) is 20.8 Å². The van der Waals surface area contributed by atoms with E-state index in [-0.39, 0.29) is 12.2 Å². The molecule has 0 spiro atoms. The zero-order valence-electron chi connectivity index (χ0n) is 17.8. The summed E-state index contributed by atoms with van der Waals surface area (Å²) in [6, 6.07) is 18.2. The van der Waals surface area contributed by atoms with Gasteiger partial charge < -0.3 is 10.0 Å². The lowest BCUT2D eigenvalue weighted by Gasteiger charge is -2.23. The van der Waals surface area contributed by atoms with Crippen LogP contribution in [0.1, 0.15) is 44.6 Å². The summed E-state index contributed by atoms with van der Waals surface area (Å²) >= 11 is 6.19. The number of Topliss-reactive ketones (excluding diaryl/α,β-unsaturated/α-hetero) is 1. The summed E-state index contributed by atoms with van der Waals surface area (Å²) in [4.78, 5) is 28.0. The van der Waals surface area contributed by atoms with E-state index in [1.165, 1.54) is 0 Å². The molecule has 0 radical (unpaired) electrons. The van der Waals surface area contributed by atoms with E-state index in [0.29, 0.717) is 28.4 Å². The number of hydrogen-bond acceptors (Lipinski definition) is 3. The number of carbonyl (C=O) groups excluding carboxylic acids is 2. The van der Waals surface area contributed by atoms with E-state index in [1.807, 2.05) is 45.0 Å². The van der Waals surface area contributed by atoms with Crippen molar-refractivity contribution in [3.63, 3.8) is 0 Å². The molecule has 1 amide bonds. The molecule has 1 aliphatic heterocycles. The molecule has 158 valence electrons. The molecule has 0 aromatic heterocycles. The van der Waals surface area contributed by atoms with Crippen molar-refractivity contribution in [2.24, 2.45) is 0 Å². The number of amides is 1. The molecule has 0 bridgehead atoms. The van der Waals surface area contributed by atoms with Gasteiger partial charge in [0.1, 0.15) is 0 Å². The van der Waals surface area contributed by atoms with Gasteiger partial charge in [-0.3, -0.25) is 9.59 Å². The predicted octanol–water partition coefficient (Wildman–Crippen LogP) is 5.27. The van der Waals surface area contributed by atoms with Gasteiger partial charge in [0.25, 0.3) is 5.91 Å². The van der Waals surface area contributed by atoms with Crippen LogP contribution < -0.4 is 4.90 Å². The molecule has 4 rings (SSSR count). The van der Waals surface area contributed by atoms with Crippen LogP contribution in [0.3, 0.4) is 0 Å². The van der Waals surface area contributed by atoms with Crippen molar-refractivity contribution in [3.8, 4) is 0 Å². The number of hydrogen-bond donors (Lipinski definition) is 1. The summed E-state index contributed by atoms with van der Waals surface area (Å²) < 4.78 is 0. The van der Waals surface area contributed by atoms with E-state index < -0.39 is 11.5 Å². The summed E-state index contributed by atoms with van der Waals surface area (Å²) in [7, 11) is 0. The molecule has 0 unspecified atom stereocenters. The van der Waals surface area contributed by atoms with Gasteiger partial charge in [0.2, 0.25) is 0 Å². The first-order chi connectivity index (χ1) is 14.7. The Balaban J connectivity index is 1.71. The Bertz CT molecular complexity index is 1190. The summed E-state index contributed by atoms with van der Waals surface area (Å²) in [5.74, 6) is -0.805. The molecular weight excluding hydrogens is 410 g/mol. The first-order valence-electron chi connectivity index (χ1n) is 10.2. The molecule has 4 nitrogen and oxygen atoms in total. The first-order valence-corrected chi connectivity index (χ1v) is 10.6. The molecule has 3 aromatic rings. The number of fused-ring (bicyclic) bond motifs is 1. The number of halogens is 1. The van der Waals surface area contributed by atoms with Crippen LogP contribution in [0.5, 0.6) is 0 Å². The Morgan fingerprint density at radius 2 is 1.65 bits per heavy atom. The maximum atomic E-state index is 13.5. The van der Waals surface area contributed by atoms with Crippen LogP contribution in [-0.2, 0) is 16.9 Å². The van der Waals surface area contributed by atoms with Crippen LogP contribution in [0.4, 0.5) is 5.69 Å². The molecule has 31 heavy (non-hydrogen) atoms. The standard InChI is InChI=1S/C26H24ClNO3/c1-16-4-7-19(8-5-16)24(29)14-26(31)22-13-21(27)10-11-23(22)28(25(26)30)15-20-9-6-17(2)12-18(20)3/h4-13,31H,14-15H2,1-3H3/t26-/m0/s1. The zero-order valence-corrected chi connectivity index (χ0v) is 18.5. The zero-order chi connectivity index (χ0) is 22.3. The van der Waals surface area contributed by atoms with Crippen LogP contribution in [-0.4, -0.2) is 16.8 Å². The van der Waals surface area contributed by atoms with Gasteiger partial charge >= 0.3 is 0 Å². The van der Waals surface area contributed by atoms with Crippen molar-refractivity contribution in [1.82, 2.24) is 0 Å². The van der Waals surface area contributed by atoms with E-state index in [4.69, 9.17) is 11.6 Å². The summed E-state index contributed by atoms with van der Waals surface area (Å²) in [6.07, 6.45) is -0.342. The summed E-state index contributed by atoms with van der Waals surface area (Å²) in [6.45, 7) is 6.26. The molecule has 5 heteroatoms. The third-order valence-electron chi connectivity index (χ3n) is 5.91. The van der Waals surface area contributed by atoms with Gasteiger partial charge in [-0.2, -0.15) is 0 Å². The van der Waals surface area contributed by atoms with Gasteiger partial charge in [-0.25, -0.2) is 0 Å². The predicted molar refractivity (Wildman–Crippen MR) is 123 cm³/mol. The van der Waals surface area contributed by atoms with Crippen LogP contribution >= 0.6 is 11.6 Å². The molecule has 0 aliphatic carbocycles. The maximum Gasteiger partial charge on any atom is 0.264 e.